The molecular weight excluding hydrogens is 392 g/mol. The van der Waals surface area contributed by atoms with E-state index >= 15 is 0 Å². The SMILES string of the molecule is C=C(O)C(C)(C/C=C(C)/C=C/CC/C=C(\C)CO[Si](C)(C)C(C)(C)C)C(=O)OCC. The summed E-state index contributed by atoms with van der Waals surface area (Å²) in [4.78, 5) is 12.1. The third kappa shape index (κ3) is 9.48. The highest BCUT2D eigenvalue weighted by Crippen LogP contribution is 2.36. The second-order valence-corrected chi connectivity index (χ2v) is 14.5. The summed E-state index contributed by atoms with van der Waals surface area (Å²) < 4.78 is 11.3. The molecule has 0 fully saturated rings. The van der Waals surface area contributed by atoms with E-state index in [1.165, 1.54) is 5.57 Å². The molecule has 0 spiro atoms. The molecular formula is C25H44O4Si. The standard InChI is InChI=1S/C25H44O4Si/c1-11-28-23(27)25(8,22(4)26)18-17-20(2)15-13-12-14-16-21(3)19-29-30(9,10)24(5,6)7/h13,15-17,26H,4,11-12,14,18-19H2,1-3,5-10H3/b15-13+,20-17+,21-16+. The van der Waals surface area contributed by atoms with Crippen LogP contribution < -0.4 is 0 Å². The fourth-order valence-corrected chi connectivity index (χ4v) is 3.33. The van der Waals surface area contributed by atoms with Gasteiger partial charge in [-0.25, -0.2) is 0 Å². The van der Waals surface area contributed by atoms with Crippen molar-refractivity contribution in [3.05, 3.63) is 47.8 Å². The molecule has 0 rings (SSSR count). The molecule has 5 heteroatoms. The molecule has 0 aliphatic heterocycles. The zero-order valence-corrected chi connectivity index (χ0v) is 21.7. The van der Waals surface area contributed by atoms with Crippen molar-refractivity contribution >= 4 is 14.3 Å². The molecule has 0 radical (unpaired) electrons. The molecule has 0 saturated carbocycles. The summed E-state index contributed by atoms with van der Waals surface area (Å²) in [5.41, 5.74) is 1.19. The normalized spacial score (nSPS) is 15.9. The highest BCUT2D eigenvalue weighted by molar-refractivity contribution is 6.74. The number of carbonyl (C=O) groups excluding carboxylic acids is 1. The molecule has 1 N–H and O–H groups in total. The first kappa shape index (κ1) is 28.4. The van der Waals surface area contributed by atoms with Gasteiger partial charge in [0.2, 0.25) is 0 Å². The summed E-state index contributed by atoms with van der Waals surface area (Å²) in [7, 11) is -1.70. The molecule has 1 unspecified atom stereocenters. The lowest BCUT2D eigenvalue weighted by Gasteiger charge is -2.36. The van der Waals surface area contributed by atoms with Gasteiger partial charge in [-0.2, -0.15) is 0 Å². The zero-order valence-electron chi connectivity index (χ0n) is 20.7. The van der Waals surface area contributed by atoms with Gasteiger partial charge in [-0.3, -0.25) is 4.79 Å². The summed E-state index contributed by atoms with van der Waals surface area (Å²) in [6, 6.07) is 0. The van der Waals surface area contributed by atoms with Crippen molar-refractivity contribution < 1.29 is 19.1 Å². The number of hydrogen-bond donors (Lipinski definition) is 1. The van der Waals surface area contributed by atoms with Gasteiger partial charge in [0.05, 0.1) is 13.2 Å². The second kappa shape index (κ2) is 12.3. The van der Waals surface area contributed by atoms with Gasteiger partial charge >= 0.3 is 5.97 Å². The Morgan fingerprint density at radius 2 is 1.70 bits per heavy atom. The molecule has 0 bridgehead atoms. The van der Waals surface area contributed by atoms with Gasteiger partial charge in [0.25, 0.3) is 0 Å². The van der Waals surface area contributed by atoms with Crippen LogP contribution in [0.4, 0.5) is 0 Å². The molecule has 0 aromatic carbocycles. The lowest BCUT2D eigenvalue weighted by molar-refractivity contribution is -0.153. The summed E-state index contributed by atoms with van der Waals surface area (Å²) >= 11 is 0. The monoisotopic (exact) mass is 436 g/mol. The molecule has 1 atom stereocenters. The largest absolute Gasteiger partial charge is 0.512 e. The molecule has 0 aromatic heterocycles. The van der Waals surface area contributed by atoms with Crippen LogP contribution in [0.1, 0.15) is 67.7 Å². The predicted octanol–water partition coefficient (Wildman–Crippen LogP) is 7.27. The van der Waals surface area contributed by atoms with Crippen LogP contribution >= 0.6 is 0 Å². The average Bonchev–Trinajstić information content (AvgIpc) is 2.63. The number of esters is 1. The molecule has 4 nitrogen and oxygen atoms in total. The van der Waals surface area contributed by atoms with Crippen molar-refractivity contribution in [1.29, 1.82) is 0 Å². The van der Waals surface area contributed by atoms with E-state index in [2.05, 4.69) is 59.5 Å². The Labute approximate surface area is 185 Å². The van der Waals surface area contributed by atoms with Crippen LogP contribution in [0.3, 0.4) is 0 Å². The minimum Gasteiger partial charge on any atom is -0.512 e. The number of aliphatic hydroxyl groups is 1. The first-order valence-electron chi connectivity index (χ1n) is 10.9. The smallest absolute Gasteiger partial charge is 0.319 e. The fraction of sp³-hybridized carbons (Fsp3) is 0.640. The van der Waals surface area contributed by atoms with Crippen LogP contribution in [0.2, 0.25) is 18.1 Å². The van der Waals surface area contributed by atoms with E-state index < -0.39 is 19.7 Å². The van der Waals surface area contributed by atoms with Gasteiger partial charge in [0.15, 0.2) is 8.32 Å². The van der Waals surface area contributed by atoms with Crippen LogP contribution in [0.5, 0.6) is 0 Å². The number of rotatable bonds is 12. The van der Waals surface area contributed by atoms with Crippen LogP contribution in [-0.4, -0.2) is 32.6 Å². The van der Waals surface area contributed by atoms with Gasteiger partial charge in [0, 0.05) is 0 Å². The summed E-state index contributed by atoms with van der Waals surface area (Å²) in [5.74, 6) is -0.624. The van der Waals surface area contributed by atoms with Gasteiger partial charge in [-0.1, -0.05) is 62.8 Å². The number of aliphatic hydroxyl groups excluding tert-OH is 1. The highest BCUT2D eigenvalue weighted by atomic mass is 28.4. The zero-order chi connectivity index (χ0) is 23.6. The molecule has 0 heterocycles. The van der Waals surface area contributed by atoms with E-state index in [1.807, 2.05) is 19.1 Å². The topological polar surface area (TPSA) is 55.8 Å². The number of hydrogen-bond acceptors (Lipinski definition) is 4. The van der Waals surface area contributed by atoms with Crippen molar-refractivity contribution in [2.75, 3.05) is 13.2 Å². The highest BCUT2D eigenvalue weighted by Gasteiger charge is 2.37. The van der Waals surface area contributed by atoms with Crippen LogP contribution in [0.25, 0.3) is 0 Å². The Kier molecular flexibility index (Phi) is 11.7. The maximum Gasteiger partial charge on any atom is 0.319 e. The third-order valence-electron chi connectivity index (χ3n) is 5.87. The van der Waals surface area contributed by atoms with Gasteiger partial charge in [0.1, 0.15) is 11.2 Å². The Morgan fingerprint density at radius 1 is 1.10 bits per heavy atom. The molecule has 30 heavy (non-hydrogen) atoms. The molecule has 172 valence electrons. The van der Waals surface area contributed by atoms with E-state index in [4.69, 9.17) is 9.16 Å². The van der Waals surface area contributed by atoms with Crippen molar-refractivity contribution in [2.45, 2.75) is 85.9 Å². The number of carbonyl (C=O) groups is 1. The number of allylic oxidation sites excluding steroid dienone is 5. The Balaban J connectivity index is 4.63. The predicted molar refractivity (Wildman–Crippen MR) is 130 cm³/mol. The van der Waals surface area contributed by atoms with Gasteiger partial charge < -0.3 is 14.3 Å². The second-order valence-electron chi connectivity index (χ2n) is 9.73. The molecule has 0 aliphatic carbocycles. The number of unbranched alkanes of at least 4 members (excludes halogenated alkanes) is 1. The lowest BCUT2D eigenvalue weighted by atomic mass is 9.84. The minimum atomic E-state index is -1.70. The van der Waals surface area contributed by atoms with E-state index in [1.54, 1.807) is 13.8 Å². The molecule has 0 aliphatic rings. The van der Waals surface area contributed by atoms with Crippen LogP contribution in [0.15, 0.2) is 47.8 Å². The van der Waals surface area contributed by atoms with Crippen molar-refractivity contribution in [1.82, 2.24) is 0 Å². The average molecular weight is 437 g/mol. The Bertz CT molecular complexity index is 665. The van der Waals surface area contributed by atoms with Gasteiger partial charge in [-0.05, 0) is 65.1 Å². The van der Waals surface area contributed by atoms with Crippen molar-refractivity contribution in [3.8, 4) is 0 Å². The van der Waals surface area contributed by atoms with E-state index in [-0.39, 0.29) is 17.4 Å². The first-order chi connectivity index (χ1) is 13.7. The fourth-order valence-electron chi connectivity index (χ4n) is 2.31. The maximum atomic E-state index is 12.1. The van der Waals surface area contributed by atoms with E-state index in [0.29, 0.717) is 13.0 Å². The van der Waals surface area contributed by atoms with Crippen LogP contribution in [-0.2, 0) is 14.0 Å². The van der Waals surface area contributed by atoms with Gasteiger partial charge in [-0.15, -0.1) is 0 Å². The maximum absolute atomic E-state index is 12.1. The van der Waals surface area contributed by atoms with Crippen molar-refractivity contribution in [3.63, 3.8) is 0 Å². The van der Waals surface area contributed by atoms with E-state index in [0.717, 1.165) is 18.4 Å². The van der Waals surface area contributed by atoms with E-state index in [9.17, 15) is 9.90 Å². The van der Waals surface area contributed by atoms with Crippen molar-refractivity contribution in [2.24, 2.45) is 5.41 Å². The lowest BCUT2D eigenvalue weighted by Crippen LogP contribution is -2.41. The summed E-state index contributed by atoms with van der Waals surface area (Å²) in [6.07, 6.45) is 10.6. The third-order valence-corrected chi connectivity index (χ3v) is 10.3. The summed E-state index contributed by atoms with van der Waals surface area (Å²) in [5, 5.41) is 10.1. The first-order valence-corrected chi connectivity index (χ1v) is 13.8. The Hall–Kier alpha value is -1.59. The molecule has 0 aromatic rings. The minimum absolute atomic E-state index is 0.172. The molecule has 0 amide bonds. The Morgan fingerprint density at radius 3 is 2.20 bits per heavy atom. The van der Waals surface area contributed by atoms with Crippen LogP contribution in [0, 0.1) is 5.41 Å². The number of ether oxygens (including phenoxy) is 1. The quantitative estimate of drug-likeness (QED) is 0.0872. The molecule has 0 saturated heterocycles. The summed E-state index contributed by atoms with van der Waals surface area (Å²) in [6.45, 7) is 23.4.